The summed E-state index contributed by atoms with van der Waals surface area (Å²) < 4.78 is 7.75. The Labute approximate surface area is 168 Å². The van der Waals surface area contributed by atoms with Crippen LogP contribution in [0.3, 0.4) is 0 Å². The third kappa shape index (κ3) is 7.33. The van der Waals surface area contributed by atoms with E-state index in [-0.39, 0.29) is 0 Å². The first-order chi connectivity index (χ1) is 13.3. The third-order valence-corrected chi connectivity index (χ3v) is 5.56. The van der Waals surface area contributed by atoms with E-state index < -0.39 is 0 Å². The van der Waals surface area contributed by atoms with Crippen LogP contribution < -0.4 is 10.6 Å². The maximum Gasteiger partial charge on any atom is 0.191 e. The van der Waals surface area contributed by atoms with Crippen molar-refractivity contribution in [2.45, 2.75) is 69.5 Å². The smallest absolute Gasteiger partial charge is 0.191 e. The first-order valence-corrected chi connectivity index (χ1v) is 11.5. The molecule has 1 aliphatic rings. The lowest BCUT2D eigenvalue weighted by atomic mass is 10.2. The molecule has 0 atom stereocenters. The largest absolute Gasteiger partial charge is 0.382 e. The first-order valence-electron chi connectivity index (χ1n) is 10.3. The topological polar surface area (TPSA) is 76.4 Å². The van der Waals surface area contributed by atoms with Gasteiger partial charge < -0.3 is 19.9 Å². The number of hydrogen-bond donors (Lipinski definition) is 2. The Balaban J connectivity index is 1.69. The zero-order valence-electron chi connectivity index (χ0n) is 17.2. The molecule has 8 heteroatoms. The van der Waals surface area contributed by atoms with Gasteiger partial charge in [-0.3, -0.25) is 4.99 Å². The average molecular weight is 397 g/mol. The molecule has 0 saturated heterocycles. The van der Waals surface area contributed by atoms with E-state index in [0.717, 1.165) is 68.9 Å². The molecule has 1 aliphatic carbocycles. The van der Waals surface area contributed by atoms with E-state index in [1.807, 2.05) is 14.0 Å². The van der Waals surface area contributed by atoms with Gasteiger partial charge in [-0.25, -0.2) is 0 Å². The van der Waals surface area contributed by atoms with Crippen molar-refractivity contribution in [2.75, 3.05) is 39.6 Å². The Bertz CT molecular complexity index is 556. The fraction of sp³-hybridized carbons (Fsp3) is 0.842. The molecule has 7 nitrogen and oxygen atoms in total. The van der Waals surface area contributed by atoms with E-state index in [4.69, 9.17) is 4.74 Å². The van der Waals surface area contributed by atoms with Crippen LogP contribution in [-0.4, -0.2) is 60.3 Å². The first kappa shape index (κ1) is 22.0. The van der Waals surface area contributed by atoms with E-state index in [1.54, 1.807) is 11.8 Å². The lowest BCUT2D eigenvalue weighted by Gasteiger charge is -2.16. The second kappa shape index (κ2) is 13.0. The number of unbranched alkanes of at least 4 members (excludes halogenated alkanes) is 1. The van der Waals surface area contributed by atoms with Gasteiger partial charge in [-0.15, -0.1) is 10.2 Å². The molecule has 0 unspecified atom stereocenters. The molecule has 0 aromatic carbocycles. The second-order valence-corrected chi connectivity index (χ2v) is 7.62. The lowest BCUT2D eigenvalue weighted by molar-refractivity contribution is 0.143. The fourth-order valence-electron chi connectivity index (χ4n) is 3.50. The second-order valence-electron chi connectivity index (χ2n) is 6.84. The summed E-state index contributed by atoms with van der Waals surface area (Å²) in [4.78, 5) is 4.29. The molecule has 1 heterocycles. The predicted molar refractivity (Wildman–Crippen MR) is 113 cm³/mol. The molecular weight excluding hydrogens is 360 g/mol. The standard InChI is InChI=1S/C19H36N6OS/c1-4-26-15-8-7-13-21-18(20-2)22-14-9-12-17-23-24-19(27-3)25(17)16-10-5-6-11-16/h16H,4-15H2,1-3H3,(H2,20,21,22). The minimum absolute atomic E-state index is 0.594. The predicted octanol–water partition coefficient (Wildman–Crippen LogP) is 3.03. The lowest BCUT2D eigenvalue weighted by Crippen LogP contribution is -2.38. The van der Waals surface area contributed by atoms with Crippen molar-refractivity contribution in [1.82, 2.24) is 25.4 Å². The van der Waals surface area contributed by atoms with Crippen molar-refractivity contribution in [2.24, 2.45) is 4.99 Å². The van der Waals surface area contributed by atoms with Gasteiger partial charge in [0.15, 0.2) is 11.1 Å². The molecule has 0 amide bonds. The minimum atomic E-state index is 0.594. The highest BCUT2D eigenvalue weighted by molar-refractivity contribution is 7.98. The number of aromatic nitrogens is 3. The highest BCUT2D eigenvalue weighted by Gasteiger charge is 2.23. The number of aliphatic imine (C=N–C) groups is 1. The van der Waals surface area contributed by atoms with Crippen LogP contribution in [0.15, 0.2) is 10.1 Å². The molecule has 27 heavy (non-hydrogen) atoms. The summed E-state index contributed by atoms with van der Waals surface area (Å²) in [6.07, 6.45) is 11.4. The SMILES string of the molecule is CCOCCCCNC(=NC)NCCCc1nnc(SC)n1C1CCCC1. The molecule has 2 N–H and O–H groups in total. The Morgan fingerprint density at radius 3 is 2.59 bits per heavy atom. The number of hydrogen-bond acceptors (Lipinski definition) is 5. The number of guanidine groups is 1. The van der Waals surface area contributed by atoms with Gasteiger partial charge in [0.25, 0.3) is 0 Å². The van der Waals surface area contributed by atoms with E-state index in [0.29, 0.717) is 6.04 Å². The molecule has 1 aromatic heterocycles. The van der Waals surface area contributed by atoms with Gasteiger partial charge >= 0.3 is 0 Å². The van der Waals surface area contributed by atoms with Crippen molar-refractivity contribution in [3.8, 4) is 0 Å². The molecule has 1 aromatic rings. The van der Waals surface area contributed by atoms with Crippen LogP contribution in [0.4, 0.5) is 0 Å². The highest BCUT2D eigenvalue weighted by atomic mass is 32.2. The number of rotatable bonds is 12. The van der Waals surface area contributed by atoms with Crippen LogP contribution in [0.25, 0.3) is 0 Å². The molecule has 154 valence electrons. The zero-order valence-corrected chi connectivity index (χ0v) is 18.0. The van der Waals surface area contributed by atoms with Crippen LogP contribution in [0.1, 0.15) is 63.7 Å². The Morgan fingerprint density at radius 2 is 1.93 bits per heavy atom. The summed E-state index contributed by atoms with van der Waals surface area (Å²) in [7, 11) is 1.82. The Hall–Kier alpha value is -1.28. The highest BCUT2D eigenvalue weighted by Crippen LogP contribution is 2.33. The molecule has 1 saturated carbocycles. The molecule has 0 bridgehead atoms. The molecule has 0 aliphatic heterocycles. The number of nitrogens with one attached hydrogen (secondary N) is 2. The average Bonchev–Trinajstić information content (AvgIpc) is 3.35. The number of thioether (sulfide) groups is 1. The maximum atomic E-state index is 5.36. The van der Waals surface area contributed by atoms with E-state index in [1.165, 1.54) is 25.7 Å². The molecular formula is C19H36N6OS. The molecule has 1 fully saturated rings. The molecule has 0 radical (unpaired) electrons. The van der Waals surface area contributed by atoms with Gasteiger partial charge in [-0.2, -0.15) is 0 Å². The third-order valence-electron chi connectivity index (χ3n) is 4.91. The normalized spacial score (nSPS) is 15.4. The van der Waals surface area contributed by atoms with Crippen LogP contribution in [-0.2, 0) is 11.2 Å². The van der Waals surface area contributed by atoms with Crippen LogP contribution >= 0.6 is 11.8 Å². The van der Waals surface area contributed by atoms with E-state index in [2.05, 4.69) is 36.6 Å². The summed E-state index contributed by atoms with van der Waals surface area (Å²) in [5.74, 6) is 2.00. The quantitative estimate of drug-likeness (QED) is 0.245. The number of nitrogens with zero attached hydrogens (tertiary/aromatic N) is 4. The molecule has 2 rings (SSSR count). The maximum absolute atomic E-state index is 5.36. The van der Waals surface area contributed by atoms with E-state index >= 15 is 0 Å². The van der Waals surface area contributed by atoms with Gasteiger partial charge in [0.05, 0.1) is 0 Å². The number of ether oxygens (including phenoxy) is 1. The summed E-state index contributed by atoms with van der Waals surface area (Å²) in [6.45, 7) is 5.46. The minimum Gasteiger partial charge on any atom is -0.382 e. The Kier molecular flexibility index (Phi) is 10.6. The van der Waals surface area contributed by atoms with Gasteiger partial charge in [0.1, 0.15) is 5.82 Å². The van der Waals surface area contributed by atoms with Crippen LogP contribution in [0, 0.1) is 0 Å². The van der Waals surface area contributed by atoms with Gasteiger partial charge in [-0.05, 0) is 45.3 Å². The van der Waals surface area contributed by atoms with Crippen molar-refractivity contribution in [3.05, 3.63) is 5.82 Å². The van der Waals surface area contributed by atoms with Gasteiger partial charge in [0, 0.05) is 45.8 Å². The molecule has 0 spiro atoms. The summed E-state index contributed by atoms with van der Waals surface area (Å²) in [5, 5.41) is 16.7. The van der Waals surface area contributed by atoms with Gasteiger partial charge in [-0.1, -0.05) is 24.6 Å². The fourth-order valence-corrected chi connectivity index (χ4v) is 4.07. The van der Waals surface area contributed by atoms with Crippen LogP contribution in [0.5, 0.6) is 0 Å². The summed E-state index contributed by atoms with van der Waals surface area (Å²) >= 11 is 1.70. The summed E-state index contributed by atoms with van der Waals surface area (Å²) in [5.41, 5.74) is 0. The van der Waals surface area contributed by atoms with Crippen LogP contribution in [0.2, 0.25) is 0 Å². The zero-order chi connectivity index (χ0) is 19.3. The van der Waals surface area contributed by atoms with Crippen molar-refractivity contribution in [3.63, 3.8) is 0 Å². The summed E-state index contributed by atoms with van der Waals surface area (Å²) in [6, 6.07) is 0.594. The van der Waals surface area contributed by atoms with E-state index in [9.17, 15) is 0 Å². The van der Waals surface area contributed by atoms with Gasteiger partial charge in [0.2, 0.25) is 0 Å². The van der Waals surface area contributed by atoms with Crippen molar-refractivity contribution >= 4 is 17.7 Å². The Morgan fingerprint density at radius 1 is 1.19 bits per heavy atom. The van der Waals surface area contributed by atoms with Crippen molar-refractivity contribution < 1.29 is 4.74 Å². The van der Waals surface area contributed by atoms with Crippen molar-refractivity contribution in [1.29, 1.82) is 0 Å². The monoisotopic (exact) mass is 396 g/mol. The number of aryl methyl sites for hydroxylation is 1.